The van der Waals surface area contributed by atoms with E-state index in [1.807, 2.05) is 0 Å². The average molecular weight is 281 g/mol. The summed E-state index contributed by atoms with van der Waals surface area (Å²) in [6, 6.07) is 0.397. The molecule has 2 fully saturated rings. The van der Waals surface area contributed by atoms with Gasteiger partial charge in [-0.15, -0.1) is 0 Å². The first-order valence-electron chi connectivity index (χ1n) is 8.44. The molecule has 0 aromatic carbocycles. The molecule has 2 N–H and O–H groups in total. The Kier molecular flexibility index (Phi) is 5.85. The van der Waals surface area contributed by atoms with Gasteiger partial charge in [-0.05, 0) is 58.2 Å². The summed E-state index contributed by atoms with van der Waals surface area (Å²) in [6.45, 7) is 9.83. The fraction of sp³-hybridized carbons (Fsp3) is 0.938. The van der Waals surface area contributed by atoms with Crippen molar-refractivity contribution in [1.29, 1.82) is 0 Å². The zero-order valence-corrected chi connectivity index (χ0v) is 13.2. The van der Waals surface area contributed by atoms with E-state index >= 15 is 0 Å². The predicted molar refractivity (Wildman–Crippen MR) is 82.7 cm³/mol. The number of carbonyl (C=O) groups is 1. The van der Waals surface area contributed by atoms with Gasteiger partial charge in [0.2, 0.25) is 5.91 Å². The average Bonchev–Trinajstić information content (AvgIpc) is 2.50. The zero-order valence-electron chi connectivity index (χ0n) is 13.2. The molecule has 0 radical (unpaired) electrons. The van der Waals surface area contributed by atoms with Gasteiger partial charge in [0.25, 0.3) is 0 Å². The van der Waals surface area contributed by atoms with Gasteiger partial charge < -0.3 is 15.5 Å². The lowest BCUT2D eigenvalue weighted by atomic mass is 9.75. The molecule has 20 heavy (non-hydrogen) atoms. The van der Waals surface area contributed by atoms with Gasteiger partial charge in [0.1, 0.15) is 0 Å². The molecule has 0 unspecified atom stereocenters. The first-order valence-corrected chi connectivity index (χ1v) is 8.44. The zero-order chi connectivity index (χ0) is 14.4. The molecule has 2 saturated heterocycles. The maximum Gasteiger partial charge on any atom is 0.226 e. The maximum absolute atomic E-state index is 12.7. The minimum atomic E-state index is -0.105. The molecule has 0 saturated carbocycles. The monoisotopic (exact) mass is 281 g/mol. The van der Waals surface area contributed by atoms with Crippen LogP contribution in [0.25, 0.3) is 0 Å². The van der Waals surface area contributed by atoms with E-state index in [1.54, 1.807) is 0 Å². The van der Waals surface area contributed by atoms with Crippen molar-refractivity contribution in [1.82, 2.24) is 15.5 Å². The molecule has 0 spiro atoms. The van der Waals surface area contributed by atoms with Crippen LogP contribution in [0.2, 0.25) is 0 Å². The molecular formula is C16H31N3O. The Labute approximate surface area is 123 Å². The van der Waals surface area contributed by atoms with Crippen LogP contribution in [0.3, 0.4) is 0 Å². The van der Waals surface area contributed by atoms with Crippen LogP contribution in [0.4, 0.5) is 0 Å². The second-order valence-electron chi connectivity index (χ2n) is 6.47. The van der Waals surface area contributed by atoms with E-state index in [4.69, 9.17) is 0 Å². The highest BCUT2D eigenvalue weighted by atomic mass is 16.2. The number of carbonyl (C=O) groups excluding carboxylic acids is 1. The predicted octanol–water partition coefficient (Wildman–Crippen LogP) is 1.76. The van der Waals surface area contributed by atoms with Crippen molar-refractivity contribution in [2.24, 2.45) is 5.41 Å². The molecule has 2 aliphatic rings. The number of amides is 1. The highest BCUT2D eigenvalue weighted by Crippen LogP contribution is 2.33. The fourth-order valence-corrected chi connectivity index (χ4v) is 3.60. The highest BCUT2D eigenvalue weighted by Gasteiger charge is 2.38. The van der Waals surface area contributed by atoms with Crippen molar-refractivity contribution in [3.63, 3.8) is 0 Å². The summed E-state index contributed by atoms with van der Waals surface area (Å²) in [5.74, 6) is 0.315. The number of nitrogens with zero attached hydrogens (tertiary/aromatic N) is 1. The van der Waals surface area contributed by atoms with Gasteiger partial charge in [-0.2, -0.15) is 0 Å². The summed E-state index contributed by atoms with van der Waals surface area (Å²) in [5, 5.41) is 6.72. The third-order valence-electron chi connectivity index (χ3n) is 5.18. The lowest BCUT2D eigenvalue weighted by molar-refractivity contribution is -0.134. The molecule has 2 aliphatic heterocycles. The van der Waals surface area contributed by atoms with Gasteiger partial charge in [0.05, 0.1) is 5.41 Å². The summed E-state index contributed by atoms with van der Waals surface area (Å²) in [5.41, 5.74) is -0.105. The van der Waals surface area contributed by atoms with Crippen LogP contribution < -0.4 is 10.6 Å². The minimum Gasteiger partial charge on any atom is -0.353 e. The second kappa shape index (κ2) is 7.41. The van der Waals surface area contributed by atoms with Crippen LogP contribution in [0.15, 0.2) is 0 Å². The molecule has 2 heterocycles. The Morgan fingerprint density at radius 3 is 2.45 bits per heavy atom. The Bertz CT molecular complexity index is 305. The van der Waals surface area contributed by atoms with Crippen LogP contribution in [0.5, 0.6) is 0 Å². The summed E-state index contributed by atoms with van der Waals surface area (Å²) < 4.78 is 0. The Morgan fingerprint density at radius 1 is 1.25 bits per heavy atom. The van der Waals surface area contributed by atoms with E-state index in [9.17, 15) is 4.79 Å². The quantitative estimate of drug-likeness (QED) is 0.807. The van der Waals surface area contributed by atoms with E-state index in [2.05, 4.69) is 29.4 Å². The maximum atomic E-state index is 12.7. The van der Waals surface area contributed by atoms with Crippen molar-refractivity contribution in [2.75, 3.05) is 32.7 Å². The number of hydrogen-bond acceptors (Lipinski definition) is 3. The minimum absolute atomic E-state index is 0.105. The number of hydrogen-bond donors (Lipinski definition) is 2. The number of rotatable bonds is 5. The van der Waals surface area contributed by atoms with Gasteiger partial charge in [-0.3, -0.25) is 4.79 Å². The summed E-state index contributed by atoms with van der Waals surface area (Å²) in [4.78, 5) is 15.2. The standard InChI is InChI=1S/C16H31N3O/c1-3-11-19-12-5-14(6-13-19)18-15(20)16(4-2)7-9-17-10-8-16/h14,17H,3-13H2,1-2H3,(H,18,20). The molecule has 116 valence electrons. The first-order chi connectivity index (χ1) is 9.70. The molecule has 4 nitrogen and oxygen atoms in total. The Hall–Kier alpha value is -0.610. The van der Waals surface area contributed by atoms with Crippen molar-refractivity contribution in [3.05, 3.63) is 0 Å². The van der Waals surface area contributed by atoms with Crippen LogP contribution in [-0.4, -0.2) is 49.6 Å². The van der Waals surface area contributed by atoms with E-state index in [-0.39, 0.29) is 5.41 Å². The summed E-state index contributed by atoms with van der Waals surface area (Å²) >= 11 is 0. The molecule has 4 heteroatoms. The van der Waals surface area contributed by atoms with Gasteiger partial charge in [-0.1, -0.05) is 13.8 Å². The van der Waals surface area contributed by atoms with Crippen molar-refractivity contribution in [2.45, 2.75) is 58.4 Å². The third kappa shape index (κ3) is 3.73. The molecule has 2 rings (SSSR count). The topological polar surface area (TPSA) is 44.4 Å². The molecule has 0 atom stereocenters. The summed E-state index contributed by atoms with van der Waals surface area (Å²) in [7, 11) is 0. The molecule has 0 aromatic rings. The van der Waals surface area contributed by atoms with Gasteiger partial charge >= 0.3 is 0 Å². The molecule has 0 bridgehead atoms. The van der Waals surface area contributed by atoms with Crippen LogP contribution >= 0.6 is 0 Å². The van der Waals surface area contributed by atoms with Gasteiger partial charge in [0, 0.05) is 19.1 Å². The first kappa shape index (κ1) is 15.8. The van der Waals surface area contributed by atoms with Crippen molar-refractivity contribution in [3.8, 4) is 0 Å². The van der Waals surface area contributed by atoms with E-state index in [1.165, 1.54) is 13.0 Å². The lowest BCUT2D eigenvalue weighted by Gasteiger charge is -2.38. The molecular weight excluding hydrogens is 250 g/mol. The van der Waals surface area contributed by atoms with Crippen molar-refractivity contribution < 1.29 is 4.79 Å². The van der Waals surface area contributed by atoms with E-state index in [0.717, 1.165) is 58.3 Å². The third-order valence-corrected chi connectivity index (χ3v) is 5.18. The van der Waals surface area contributed by atoms with Gasteiger partial charge in [-0.25, -0.2) is 0 Å². The smallest absolute Gasteiger partial charge is 0.226 e. The molecule has 0 aromatic heterocycles. The Morgan fingerprint density at radius 2 is 1.90 bits per heavy atom. The second-order valence-corrected chi connectivity index (χ2v) is 6.47. The number of nitrogens with one attached hydrogen (secondary N) is 2. The SMILES string of the molecule is CCCN1CCC(NC(=O)C2(CC)CCNCC2)CC1. The van der Waals surface area contributed by atoms with E-state index in [0.29, 0.717) is 11.9 Å². The van der Waals surface area contributed by atoms with Crippen molar-refractivity contribution >= 4 is 5.91 Å². The highest BCUT2D eigenvalue weighted by molar-refractivity contribution is 5.83. The van der Waals surface area contributed by atoms with E-state index < -0.39 is 0 Å². The van der Waals surface area contributed by atoms with Crippen LogP contribution in [0.1, 0.15) is 52.4 Å². The number of likely N-dealkylation sites (tertiary alicyclic amines) is 1. The van der Waals surface area contributed by atoms with Crippen LogP contribution in [0, 0.1) is 5.41 Å². The number of piperidine rings is 2. The lowest BCUT2D eigenvalue weighted by Crippen LogP contribution is -2.52. The Balaban J connectivity index is 1.82. The largest absolute Gasteiger partial charge is 0.353 e. The van der Waals surface area contributed by atoms with Crippen LogP contribution in [-0.2, 0) is 4.79 Å². The van der Waals surface area contributed by atoms with Gasteiger partial charge in [0.15, 0.2) is 0 Å². The fourth-order valence-electron chi connectivity index (χ4n) is 3.60. The molecule has 0 aliphatic carbocycles. The normalized spacial score (nSPS) is 24.5. The summed E-state index contributed by atoms with van der Waals surface area (Å²) in [6.07, 6.45) is 6.40. The molecule has 1 amide bonds.